The Morgan fingerprint density at radius 2 is 1.74 bits per heavy atom. The van der Waals surface area contributed by atoms with Crippen molar-refractivity contribution >= 4 is 23.2 Å². The van der Waals surface area contributed by atoms with Crippen LogP contribution in [0.1, 0.15) is 23.1 Å². The van der Waals surface area contributed by atoms with Crippen LogP contribution in [-0.2, 0) is 15.8 Å². The van der Waals surface area contributed by atoms with E-state index in [2.05, 4.69) is 5.32 Å². The van der Waals surface area contributed by atoms with Crippen LogP contribution in [0.3, 0.4) is 0 Å². The van der Waals surface area contributed by atoms with E-state index >= 15 is 0 Å². The number of halogens is 3. The van der Waals surface area contributed by atoms with E-state index in [9.17, 15) is 22.8 Å². The Bertz CT molecular complexity index is 873. The minimum Gasteiger partial charge on any atom is -0.326 e. The lowest BCUT2D eigenvalue weighted by atomic mass is 10.1. The second-order valence-corrected chi connectivity index (χ2v) is 6.71. The van der Waals surface area contributed by atoms with Crippen molar-refractivity contribution < 1.29 is 22.8 Å². The number of para-hydroxylation sites is 1. The molecule has 2 aromatic rings. The third kappa shape index (κ3) is 3.97. The molecular formula is C20H19F3N2O2. The zero-order valence-corrected chi connectivity index (χ0v) is 14.9. The molecule has 0 unspecified atom stereocenters. The van der Waals surface area contributed by atoms with E-state index in [1.54, 1.807) is 4.90 Å². The minimum atomic E-state index is -4.48. The van der Waals surface area contributed by atoms with E-state index < -0.39 is 23.6 Å². The number of nitrogens with zero attached hydrogens (tertiary/aromatic N) is 1. The number of rotatable bonds is 3. The molecule has 0 aliphatic carbocycles. The fourth-order valence-electron chi connectivity index (χ4n) is 3.35. The van der Waals surface area contributed by atoms with Crippen LogP contribution in [0.15, 0.2) is 42.5 Å². The maximum absolute atomic E-state index is 12.8. The summed E-state index contributed by atoms with van der Waals surface area (Å²) in [5.74, 6) is -1.25. The first-order valence-electron chi connectivity index (χ1n) is 8.51. The van der Waals surface area contributed by atoms with Gasteiger partial charge in [0, 0.05) is 24.3 Å². The van der Waals surface area contributed by atoms with Gasteiger partial charge in [-0.3, -0.25) is 9.59 Å². The Kier molecular flexibility index (Phi) is 4.95. The molecule has 1 atom stereocenters. The largest absolute Gasteiger partial charge is 0.416 e. The van der Waals surface area contributed by atoms with Crippen molar-refractivity contribution in [3.8, 4) is 0 Å². The van der Waals surface area contributed by atoms with E-state index in [-0.39, 0.29) is 24.6 Å². The molecule has 1 saturated heterocycles. The van der Waals surface area contributed by atoms with Crippen molar-refractivity contribution in [2.45, 2.75) is 26.4 Å². The maximum Gasteiger partial charge on any atom is 0.416 e. The number of amides is 2. The van der Waals surface area contributed by atoms with Gasteiger partial charge in [0.1, 0.15) is 0 Å². The van der Waals surface area contributed by atoms with E-state index in [0.717, 1.165) is 28.9 Å². The molecule has 0 aromatic heterocycles. The molecular weight excluding hydrogens is 357 g/mol. The second-order valence-electron chi connectivity index (χ2n) is 6.71. The third-order valence-electron chi connectivity index (χ3n) is 4.66. The summed E-state index contributed by atoms with van der Waals surface area (Å²) in [6.07, 6.45) is -4.46. The van der Waals surface area contributed by atoms with Gasteiger partial charge in [0.05, 0.1) is 11.5 Å². The monoisotopic (exact) mass is 376 g/mol. The standard InChI is InChI=1S/C20H19F3N2O2/c1-12-5-3-6-13(2)18(12)25-11-14(9-17(25)26)19(27)24-16-8-4-7-15(10-16)20(21,22)23/h3-8,10,14H,9,11H2,1-2H3,(H,24,27)/t14-/m1/s1. The third-order valence-corrected chi connectivity index (χ3v) is 4.66. The van der Waals surface area contributed by atoms with Crippen molar-refractivity contribution in [3.63, 3.8) is 0 Å². The molecule has 0 radical (unpaired) electrons. The van der Waals surface area contributed by atoms with Crippen LogP contribution in [0, 0.1) is 19.8 Å². The highest BCUT2D eigenvalue weighted by Crippen LogP contribution is 2.33. The molecule has 1 aliphatic heterocycles. The minimum absolute atomic E-state index is 0.0264. The highest BCUT2D eigenvalue weighted by atomic mass is 19.4. The zero-order valence-electron chi connectivity index (χ0n) is 14.9. The molecule has 1 heterocycles. The first-order valence-corrected chi connectivity index (χ1v) is 8.51. The van der Waals surface area contributed by atoms with E-state index in [1.807, 2.05) is 32.0 Å². The lowest BCUT2D eigenvalue weighted by molar-refractivity contribution is -0.137. The van der Waals surface area contributed by atoms with Gasteiger partial charge < -0.3 is 10.2 Å². The molecule has 1 N–H and O–H groups in total. The number of nitrogens with one attached hydrogen (secondary N) is 1. The second kappa shape index (κ2) is 7.06. The molecule has 1 aliphatic rings. The van der Waals surface area contributed by atoms with E-state index in [4.69, 9.17) is 0 Å². The highest BCUT2D eigenvalue weighted by Gasteiger charge is 2.36. The van der Waals surface area contributed by atoms with E-state index in [1.165, 1.54) is 12.1 Å². The van der Waals surface area contributed by atoms with Crippen LogP contribution >= 0.6 is 0 Å². The molecule has 1 fully saturated rings. The summed E-state index contributed by atoms with van der Waals surface area (Å²) >= 11 is 0. The van der Waals surface area contributed by atoms with Crippen molar-refractivity contribution in [3.05, 3.63) is 59.2 Å². The first-order chi connectivity index (χ1) is 12.7. The zero-order chi connectivity index (χ0) is 19.8. The number of carbonyl (C=O) groups is 2. The Labute approximate surface area is 155 Å². The van der Waals surface area contributed by atoms with Crippen molar-refractivity contribution in [1.82, 2.24) is 0 Å². The van der Waals surface area contributed by atoms with Crippen molar-refractivity contribution in [1.29, 1.82) is 0 Å². The quantitative estimate of drug-likeness (QED) is 0.868. The molecule has 27 heavy (non-hydrogen) atoms. The molecule has 2 amide bonds. The van der Waals surface area contributed by atoms with Gasteiger partial charge in [-0.05, 0) is 43.2 Å². The average molecular weight is 376 g/mol. The fourth-order valence-corrected chi connectivity index (χ4v) is 3.35. The smallest absolute Gasteiger partial charge is 0.326 e. The van der Waals surface area contributed by atoms with Gasteiger partial charge in [-0.25, -0.2) is 0 Å². The van der Waals surface area contributed by atoms with Gasteiger partial charge in [-0.1, -0.05) is 24.3 Å². The molecule has 7 heteroatoms. The van der Waals surface area contributed by atoms with Gasteiger partial charge in [0.15, 0.2) is 0 Å². The predicted octanol–water partition coefficient (Wildman–Crippen LogP) is 4.31. The lowest BCUT2D eigenvalue weighted by Gasteiger charge is -2.21. The number of benzene rings is 2. The SMILES string of the molecule is Cc1cccc(C)c1N1C[C@H](C(=O)Nc2cccc(C(F)(F)F)c2)CC1=O. The van der Waals surface area contributed by atoms with Gasteiger partial charge in [-0.2, -0.15) is 13.2 Å². The number of aryl methyl sites for hydroxylation is 2. The Morgan fingerprint density at radius 1 is 1.11 bits per heavy atom. The summed E-state index contributed by atoms with van der Waals surface area (Å²) in [5, 5.41) is 2.50. The predicted molar refractivity (Wildman–Crippen MR) is 96.4 cm³/mol. The maximum atomic E-state index is 12.8. The highest BCUT2D eigenvalue weighted by molar-refractivity contribution is 6.04. The number of hydrogen-bond acceptors (Lipinski definition) is 2. The molecule has 3 rings (SSSR count). The van der Waals surface area contributed by atoms with E-state index in [0.29, 0.717) is 0 Å². The van der Waals surface area contributed by atoms with Crippen molar-refractivity contribution in [2.75, 3.05) is 16.8 Å². The number of carbonyl (C=O) groups excluding carboxylic acids is 2. The molecule has 142 valence electrons. The number of hydrogen-bond donors (Lipinski definition) is 1. The molecule has 4 nitrogen and oxygen atoms in total. The van der Waals surface area contributed by atoms with Crippen LogP contribution in [0.25, 0.3) is 0 Å². The summed E-state index contributed by atoms with van der Waals surface area (Å²) < 4.78 is 38.4. The van der Waals surface area contributed by atoms with Gasteiger partial charge in [0.25, 0.3) is 0 Å². The summed E-state index contributed by atoms with van der Waals surface area (Å²) in [7, 11) is 0. The Morgan fingerprint density at radius 3 is 2.37 bits per heavy atom. The molecule has 0 saturated carbocycles. The molecule has 0 spiro atoms. The van der Waals surface area contributed by atoms with Crippen molar-refractivity contribution in [2.24, 2.45) is 5.92 Å². The topological polar surface area (TPSA) is 49.4 Å². The Balaban J connectivity index is 1.75. The van der Waals surface area contributed by atoms with Crippen LogP contribution < -0.4 is 10.2 Å². The van der Waals surface area contributed by atoms with Gasteiger partial charge >= 0.3 is 6.18 Å². The van der Waals surface area contributed by atoms with Crippen LogP contribution in [0.5, 0.6) is 0 Å². The fraction of sp³-hybridized carbons (Fsp3) is 0.300. The lowest BCUT2D eigenvalue weighted by Crippen LogP contribution is -2.29. The normalized spacial score (nSPS) is 17.3. The summed E-state index contributed by atoms with van der Waals surface area (Å²) in [4.78, 5) is 26.5. The summed E-state index contributed by atoms with van der Waals surface area (Å²) in [6.45, 7) is 3.99. The van der Waals surface area contributed by atoms with Crippen LogP contribution in [-0.4, -0.2) is 18.4 Å². The van der Waals surface area contributed by atoms with Gasteiger partial charge in [0.2, 0.25) is 11.8 Å². The van der Waals surface area contributed by atoms with Crippen LogP contribution in [0.4, 0.5) is 24.5 Å². The average Bonchev–Trinajstić information content (AvgIpc) is 2.96. The molecule has 2 aromatic carbocycles. The Hall–Kier alpha value is -2.83. The molecule has 0 bridgehead atoms. The summed E-state index contributed by atoms with van der Waals surface area (Å²) in [5.41, 5.74) is 1.88. The number of alkyl halides is 3. The summed E-state index contributed by atoms with van der Waals surface area (Å²) in [6, 6.07) is 10.1. The van der Waals surface area contributed by atoms with Crippen LogP contribution in [0.2, 0.25) is 0 Å². The number of anilines is 2. The first kappa shape index (κ1) is 18.9. The van der Waals surface area contributed by atoms with Gasteiger partial charge in [-0.15, -0.1) is 0 Å².